The van der Waals surface area contributed by atoms with E-state index < -0.39 is 5.97 Å². The molecular weight excluding hydrogens is 246 g/mol. The molecule has 1 fully saturated rings. The average molecular weight is 273 g/mol. The Labute approximate surface area is 115 Å². The van der Waals surface area contributed by atoms with E-state index in [1.807, 2.05) is 11.8 Å². The van der Waals surface area contributed by atoms with Crippen molar-refractivity contribution in [2.75, 3.05) is 18.1 Å². The molecule has 0 aliphatic carbocycles. The standard InChI is InChI=1S/C14H27NO2S/c1-4-11(3)8-12(5-2)15-6-7-18-10-13(15)9-14(16)17/h11-13H,4-10H2,1-3H3,(H,16,17). The molecule has 0 spiro atoms. The second kappa shape index (κ2) is 8.05. The maximum Gasteiger partial charge on any atom is 0.304 e. The van der Waals surface area contributed by atoms with Gasteiger partial charge in [0.2, 0.25) is 0 Å². The summed E-state index contributed by atoms with van der Waals surface area (Å²) in [6, 6.07) is 0.792. The highest BCUT2D eigenvalue weighted by Crippen LogP contribution is 2.26. The van der Waals surface area contributed by atoms with E-state index in [4.69, 9.17) is 5.11 Å². The number of thioether (sulfide) groups is 1. The lowest BCUT2D eigenvalue weighted by Gasteiger charge is -2.41. The van der Waals surface area contributed by atoms with Crippen LogP contribution >= 0.6 is 11.8 Å². The molecule has 0 aromatic rings. The number of hydrogen-bond acceptors (Lipinski definition) is 3. The largest absolute Gasteiger partial charge is 0.481 e. The highest BCUT2D eigenvalue weighted by molar-refractivity contribution is 7.99. The first-order chi connectivity index (χ1) is 8.58. The summed E-state index contributed by atoms with van der Waals surface area (Å²) in [6.07, 6.45) is 3.84. The van der Waals surface area contributed by atoms with Gasteiger partial charge >= 0.3 is 5.97 Å². The lowest BCUT2D eigenvalue weighted by molar-refractivity contribution is -0.138. The maximum atomic E-state index is 11.0. The van der Waals surface area contributed by atoms with Crippen molar-refractivity contribution in [3.05, 3.63) is 0 Å². The zero-order valence-electron chi connectivity index (χ0n) is 11.9. The Kier molecular flexibility index (Phi) is 7.08. The van der Waals surface area contributed by atoms with Crippen molar-refractivity contribution in [1.82, 2.24) is 4.90 Å². The number of rotatable bonds is 7. The summed E-state index contributed by atoms with van der Waals surface area (Å²) >= 11 is 1.90. The Morgan fingerprint density at radius 3 is 2.72 bits per heavy atom. The van der Waals surface area contributed by atoms with Crippen molar-refractivity contribution in [2.45, 2.75) is 58.5 Å². The van der Waals surface area contributed by atoms with Gasteiger partial charge in [-0.25, -0.2) is 0 Å². The van der Waals surface area contributed by atoms with Crippen LogP contribution in [0, 0.1) is 5.92 Å². The van der Waals surface area contributed by atoms with Gasteiger partial charge in [-0.3, -0.25) is 9.69 Å². The summed E-state index contributed by atoms with van der Waals surface area (Å²) < 4.78 is 0. The number of hydrogen-bond donors (Lipinski definition) is 1. The van der Waals surface area contributed by atoms with Gasteiger partial charge in [-0.15, -0.1) is 0 Å². The van der Waals surface area contributed by atoms with Gasteiger partial charge in [0.25, 0.3) is 0 Å². The van der Waals surface area contributed by atoms with Crippen molar-refractivity contribution in [3.63, 3.8) is 0 Å². The van der Waals surface area contributed by atoms with Crippen LogP contribution in [0.2, 0.25) is 0 Å². The molecule has 0 aromatic carbocycles. The van der Waals surface area contributed by atoms with Gasteiger partial charge < -0.3 is 5.11 Å². The molecule has 1 aliphatic rings. The van der Waals surface area contributed by atoms with E-state index in [0.29, 0.717) is 12.5 Å². The van der Waals surface area contributed by atoms with Crippen LogP contribution < -0.4 is 0 Å². The fourth-order valence-corrected chi connectivity index (χ4v) is 3.78. The first-order valence-corrected chi connectivity index (χ1v) is 8.29. The van der Waals surface area contributed by atoms with Crippen molar-refractivity contribution >= 4 is 17.7 Å². The minimum absolute atomic E-state index is 0.232. The third-order valence-electron chi connectivity index (χ3n) is 3.99. The van der Waals surface area contributed by atoms with Crippen LogP contribution in [-0.2, 0) is 4.79 Å². The van der Waals surface area contributed by atoms with E-state index in [1.54, 1.807) is 0 Å². The van der Waals surface area contributed by atoms with Gasteiger partial charge in [0.15, 0.2) is 0 Å². The summed E-state index contributed by atoms with van der Waals surface area (Å²) in [5.74, 6) is 2.19. The zero-order chi connectivity index (χ0) is 13.5. The molecule has 0 radical (unpaired) electrons. The van der Waals surface area contributed by atoms with Crippen molar-refractivity contribution in [1.29, 1.82) is 0 Å². The Morgan fingerprint density at radius 2 is 2.17 bits per heavy atom. The molecule has 0 bridgehead atoms. The van der Waals surface area contributed by atoms with E-state index in [1.165, 1.54) is 12.8 Å². The number of carboxylic acids is 1. The molecule has 1 heterocycles. The summed E-state index contributed by atoms with van der Waals surface area (Å²) in [4.78, 5) is 13.4. The maximum absolute atomic E-state index is 11.0. The second-order valence-corrected chi connectivity index (χ2v) is 6.53. The summed E-state index contributed by atoms with van der Waals surface area (Å²) in [5.41, 5.74) is 0. The minimum atomic E-state index is -0.661. The SMILES string of the molecule is CCC(C)CC(CC)N1CCSCC1CC(=O)O. The van der Waals surface area contributed by atoms with E-state index in [0.717, 1.165) is 30.4 Å². The molecule has 3 unspecified atom stereocenters. The first kappa shape index (κ1) is 15.8. The van der Waals surface area contributed by atoms with Crippen LogP contribution in [0.15, 0.2) is 0 Å². The predicted molar refractivity (Wildman–Crippen MR) is 78.2 cm³/mol. The van der Waals surface area contributed by atoms with E-state index >= 15 is 0 Å². The molecule has 1 saturated heterocycles. The Balaban J connectivity index is 2.63. The topological polar surface area (TPSA) is 40.5 Å². The fourth-order valence-electron chi connectivity index (χ4n) is 2.69. The Hall–Kier alpha value is -0.220. The van der Waals surface area contributed by atoms with Crippen LogP contribution in [0.3, 0.4) is 0 Å². The van der Waals surface area contributed by atoms with Crippen LogP contribution in [0.1, 0.15) is 46.5 Å². The molecule has 1 N–H and O–H groups in total. The second-order valence-electron chi connectivity index (χ2n) is 5.38. The molecule has 1 rings (SSSR count). The van der Waals surface area contributed by atoms with Crippen molar-refractivity contribution < 1.29 is 9.90 Å². The lowest BCUT2D eigenvalue weighted by atomic mass is 9.95. The molecule has 0 amide bonds. The molecule has 3 nitrogen and oxygen atoms in total. The molecule has 1 aliphatic heterocycles. The molecular formula is C14H27NO2S. The number of aliphatic carboxylic acids is 1. The van der Waals surface area contributed by atoms with Crippen LogP contribution in [0.4, 0.5) is 0 Å². The zero-order valence-corrected chi connectivity index (χ0v) is 12.7. The fraction of sp³-hybridized carbons (Fsp3) is 0.929. The van der Waals surface area contributed by atoms with Crippen molar-refractivity contribution in [2.24, 2.45) is 5.92 Å². The van der Waals surface area contributed by atoms with Gasteiger partial charge in [-0.1, -0.05) is 27.2 Å². The van der Waals surface area contributed by atoms with Crippen molar-refractivity contribution in [3.8, 4) is 0 Å². The number of carbonyl (C=O) groups is 1. The van der Waals surface area contributed by atoms with Gasteiger partial charge in [0.05, 0.1) is 6.42 Å². The monoisotopic (exact) mass is 273 g/mol. The minimum Gasteiger partial charge on any atom is -0.481 e. The van der Waals surface area contributed by atoms with Gasteiger partial charge in [0.1, 0.15) is 0 Å². The van der Waals surface area contributed by atoms with Crippen LogP contribution in [0.5, 0.6) is 0 Å². The highest BCUT2D eigenvalue weighted by Gasteiger charge is 2.30. The van der Waals surface area contributed by atoms with Crippen LogP contribution in [-0.4, -0.2) is 46.1 Å². The number of nitrogens with zero attached hydrogens (tertiary/aromatic N) is 1. The van der Waals surface area contributed by atoms with E-state index in [-0.39, 0.29) is 6.04 Å². The molecule has 3 atom stereocenters. The average Bonchev–Trinajstić information content (AvgIpc) is 2.36. The third kappa shape index (κ3) is 4.81. The third-order valence-corrected chi connectivity index (χ3v) is 5.09. The van der Waals surface area contributed by atoms with E-state index in [2.05, 4.69) is 25.7 Å². The Morgan fingerprint density at radius 1 is 1.44 bits per heavy atom. The van der Waals surface area contributed by atoms with Gasteiger partial charge in [-0.05, 0) is 18.8 Å². The Bertz CT molecular complexity index is 260. The molecule has 0 aromatic heterocycles. The quantitative estimate of drug-likeness (QED) is 0.774. The van der Waals surface area contributed by atoms with E-state index in [9.17, 15) is 4.79 Å². The summed E-state index contributed by atoms with van der Waals surface area (Å²) in [5, 5.41) is 9.03. The highest BCUT2D eigenvalue weighted by atomic mass is 32.2. The molecule has 4 heteroatoms. The molecule has 106 valence electrons. The van der Waals surface area contributed by atoms with Gasteiger partial charge in [-0.2, -0.15) is 11.8 Å². The van der Waals surface area contributed by atoms with Gasteiger partial charge in [0, 0.05) is 30.1 Å². The predicted octanol–water partition coefficient (Wildman–Crippen LogP) is 3.09. The smallest absolute Gasteiger partial charge is 0.304 e. The molecule has 18 heavy (non-hydrogen) atoms. The number of carboxylic acid groups (broad SMARTS) is 1. The first-order valence-electron chi connectivity index (χ1n) is 7.13. The summed E-state index contributed by atoms with van der Waals surface area (Å²) in [6.45, 7) is 7.82. The lowest BCUT2D eigenvalue weighted by Crippen LogP contribution is -2.49. The van der Waals surface area contributed by atoms with Crippen LogP contribution in [0.25, 0.3) is 0 Å². The molecule has 0 saturated carbocycles. The normalized spacial score (nSPS) is 24.7. The summed E-state index contributed by atoms with van der Waals surface area (Å²) in [7, 11) is 0.